The smallest absolute Gasteiger partial charge is 0.329 e. The summed E-state index contributed by atoms with van der Waals surface area (Å²) in [6, 6.07) is 11.0. The molecular formula is C27H31N4O5+. The minimum absolute atomic E-state index is 0.0509. The zero-order chi connectivity index (χ0) is 24.6. The van der Waals surface area contributed by atoms with E-state index in [9.17, 15) is 14.4 Å². The lowest BCUT2D eigenvalue weighted by Gasteiger charge is -2.38. The van der Waals surface area contributed by atoms with Crippen LogP contribution in [-0.4, -0.2) is 59.4 Å². The van der Waals surface area contributed by atoms with Crippen LogP contribution in [0.1, 0.15) is 48.0 Å². The van der Waals surface area contributed by atoms with Crippen molar-refractivity contribution in [3.63, 3.8) is 0 Å². The number of hydrogen-bond acceptors (Lipinski definition) is 5. The predicted molar refractivity (Wildman–Crippen MR) is 134 cm³/mol. The number of hydrogen-bond donors (Lipinski definition) is 2. The summed E-state index contributed by atoms with van der Waals surface area (Å²) in [5.41, 5.74) is 0.721. The quantitative estimate of drug-likeness (QED) is 0.571. The van der Waals surface area contributed by atoms with Gasteiger partial charge in [0, 0.05) is 5.56 Å². The van der Waals surface area contributed by atoms with Gasteiger partial charge in [-0.15, -0.1) is 0 Å². The molecule has 6 rings (SSSR count). The molecule has 3 aliphatic rings. The Morgan fingerprint density at radius 1 is 0.972 bits per heavy atom. The van der Waals surface area contributed by atoms with Crippen molar-refractivity contribution in [3.05, 3.63) is 68.4 Å². The average Bonchev–Trinajstić information content (AvgIpc) is 3.39. The van der Waals surface area contributed by atoms with Crippen LogP contribution in [0.3, 0.4) is 0 Å². The molecule has 0 bridgehead atoms. The van der Waals surface area contributed by atoms with Crippen LogP contribution < -0.4 is 25.6 Å². The van der Waals surface area contributed by atoms with Gasteiger partial charge < -0.3 is 24.3 Å². The Morgan fingerprint density at radius 3 is 2.56 bits per heavy atom. The number of nitrogens with one attached hydrogen (secondary N) is 2. The van der Waals surface area contributed by atoms with Crippen LogP contribution in [-0.2, 0) is 6.54 Å². The number of amides is 1. The van der Waals surface area contributed by atoms with Gasteiger partial charge in [-0.2, -0.15) is 0 Å². The standard InChI is InChI=1S/C27H30N4O5/c32-25(30-12-10-29(11-13-30)20-4-2-1-3-5-20)19-7-8-21-22(15-19)28-27(34)31(26(21)33)16-18-6-9-23-24(14-18)36-17-35-23/h6-9,14-15,20H,1-5,10-13,16-17H2,(H,28,34)/p+1. The number of H-pyrrole nitrogens is 1. The topological polar surface area (TPSA) is 98.1 Å². The van der Waals surface area contributed by atoms with Gasteiger partial charge in [-0.1, -0.05) is 12.5 Å². The molecule has 0 spiro atoms. The van der Waals surface area contributed by atoms with E-state index in [0.717, 1.165) is 42.4 Å². The molecule has 1 saturated carbocycles. The third-order valence-electron chi connectivity index (χ3n) is 7.88. The van der Waals surface area contributed by atoms with Crippen LogP contribution in [0, 0.1) is 0 Å². The zero-order valence-corrected chi connectivity index (χ0v) is 20.3. The lowest BCUT2D eigenvalue weighted by Crippen LogP contribution is -3.18. The molecule has 9 heteroatoms. The second-order valence-electron chi connectivity index (χ2n) is 10.1. The number of rotatable bonds is 4. The SMILES string of the molecule is O=C(c1ccc2c(=O)n(Cc3ccc4c(c3)OCO4)c(=O)[nH]c2c1)N1CC[NH+](C2CCCCC2)CC1. The summed E-state index contributed by atoms with van der Waals surface area (Å²) in [6.45, 7) is 3.69. The molecule has 2 aliphatic heterocycles. The van der Waals surface area contributed by atoms with Crippen molar-refractivity contribution in [2.45, 2.75) is 44.7 Å². The number of carbonyl (C=O) groups is 1. The van der Waals surface area contributed by atoms with Crippen LogP contribution in [0.4, 0.5) is 0 Å². The maximum Gasteiger partial charge on any atom is 0.329 e. The van der Waals surface area contributed by atoms with E-state index in [2.05, 4.69) is 4.98 Å². The maximum absolute atomic E-state index is 13.2. The fourth-order valence-corrected chi connectivity index (χ4v) is 5.85. The summed E-state index contributed by atoms with van der Waals surface area (Å²) >= 11 is 0. The fourth-order valence-electron chi connectivity index (χ4n) is 5.85. The minimum Gasteiger partial charge on any atom is -0.454 e. The van der Waals surface area contributed by atoms with Crippen molar-refractivity contribution in [2.75, 3.05) is 33.0 Å². The third-order valence-corrected chi connectivity index (χ3v) is 7.88. The number of fused-ring (bicyclic) bond motifs is 2. The van der Waals surface area contributed by atoms with Gasteiger partial charge in [0.25, 0.3) is 11.5 Å². The highest BCUT2D eigenvalue weighted by Crippen LogP contribution is 2.32. The van der Waals surface area contributed by atoms with Crippen LogP contribution >= 0.6 is 0 Å². The number of carbonyl (C=O) groups excluding carboxylic acids is 1. The molecule has 1 amide bonds. The molecule has 1 saturated heterocycles. The maximum atomic E-state index is 13.2. The largest absolute Gasteiger partial charge is 0.454 e. The monoisotopic (exact) mass is 491 g/mol. The first-order valence-corrected chi connectivity index (χ1v) is 12.9. The highest BCUT2D eigenvalue weighted by molar-refractivity contribution is 5.97. The van der Waals surface area contributed by atoms with Gasteiger partial charge in [0.15, 0.2) is 11.5 Å². The van der Waals surface area contributed by atoms with Gasteiger partial charge >= 0.3 is 5.69 Å². The Labute approximate surface area is 208 Å². The molecule has 188 valence electrons. The molecule has 3 heterocycles. The van der Waals surface area contributed by atoms with Crippen molar-refractivity contribution >= 4 is 16.8 Å². The summed E-state index contributed by atoms with van der Waals surface area (Å²) in [7, 11) is 0. The van der Waals surface area contributed by atoms with Crippen molar-refractivity contribution in [1.29, 1.82) is 0 Å². The van der Waals surface area contributed by atoms with Crippen molar-refractivity contribution in [1.82, 2.24) is 14.5 Å². The molecule has 2 fully saturated rings. The molecule has 0 radical (unpaired) electrons. The molecule has 36 heavy (non-hydrogen) atoms. The number of aromatic nitrogens is 2. The molecule has 3 aromatic rings. The van der Waals surface area contributed by atoms with Gasteiger partial charge in [0.1, 0.15) is 0 Å². The van der Waals surface area contributed by atoms with Crippen LogP contribution in [0.5, 0.6) is 11.5 Å². The molecule has 1 aliphatic carbocycles. The normalized spacial score (nSPS) is 18.6. The van der Waals surface area contributed by atoms with Crippen molar-refractivity contribution in [2.24, 2.45) is 0 Å². The number of benzene rings is 2. The van der Waals surface area contributed by atoms with Gasteiger partial charge in [-0.05, 0) is 61.6 Å². The first-order chi connectivity index (χ1) is 17.6. The number of quaternary nitrogens is 1. The van der Waals surface area contributed by atoms with E-state index in [4.69, 9.17) is 9.47 Å². The predicted octanol–water partition coefficient (Wildman–Crippen LogP) is 1.14. The Kier molecular flexibility index (Phi) is 6.00. The van der Waals surface area contributed by atoms with E-state index in [1.165, 1.54) is 32.1 Å². The van der Waals surface area contributed by atoms with Crippen molar-refractivity contribution < 1.29 is 19.2 Å². The number of nitrogens with zero attached hydrogens (tertiary/aromatic N) is 2. The van der Waals surface area contributed by atoms with Crippen LogP contribution in [0.2, 0.25) is 0 Å². The summed E-state index contributed by atoms with van der Waals surface area (Å²) in [6.07, 6.45) is 6.60. The van der Waals surface area contributed by atoms with E-state index in [0.29, 0.717) is 28.0 Å². The Hall–Kier alpha value is -3.59. The van der Waals surface area contributed by atoms with Gasteiger partial charge in [0.05, 0.1) is 49.7 Å². The number of ether oxygens (including phenoxy) is 2. The lowest BCUT2D eigenvalue weighted by molar-refractivity contribution is -0.930. The highest BCUT2D eigenvalue weighted by atomic mass is 16.7. The summed E-state index contributed by atoms with van der Waals surface area (Å²) in [5.74, 6) is 1.19. The van der Waals surface area contributed by atoms with Gasteiger partial charge in [0.2, 0.25) is 6.79 Å². The molecule has 0 atom stereocenters. The first-order valence-electron chi connectivity index (χ1n) is 12.9. The second-order valence-corrected chi connectivity index (χ2v) is 10.1. The Morgan fingerprint density at radius 2 is 1.75 bits per heavy atom. The van der Waals surface area contributed by atoms with Gasteiger partial charge in [-0.3, -0.25) is 14.2 Å². The van der Waals surface area contributed by atoms with E-state index < -0.39 is 11.2 Å². The van der Waals surface area contributed by atoms with E-state index in [1.54, 1.807) is 41.3 Å². The van der Waals surface area contributed by atoms with E-state index in [-0.39, 0.29) is 19.2 Å². The first kappa shape index (κ1) is 22.8. The second kappa shape index (κ2) is 9.46. The molecule has 9 nitrogen and oxygen atoms in total. The molecular weight excluding hydrogens is 460 g/mol. The van der Waals surface area contributed by atoms with Crippen molar-refractivity contribution in [3.8, 4) is 11.5 Å². The summed E-state index contributed by atoms with van der Waals surface area (Å²) in [5, 5.41) is 0.374. The molecule has 2 N–H and O–H groups in total. The average molecular weight is 492 g/mol. The third kappa shape index (κ3) is 4.28. The van der Waals surface area contributed by atoms with Crippen LogP contribution in [0.15, 0.2) is 46.0 Å². The highest BCUT2D eigenvalue weighted by Gasteiger charge is 2.30. The molecule has 2 aromatic carbocycles. The Balaban J connectivity index is 1.19. The minimum atomic E-state index is -0.514. The van der Waals surface area contributed by atoms with Gasteiger partial charge in [-0.25, -0.2) is 4.79 Å². The number of aromatic amines is 1. The fraction of sp³-hybridized carbons (Fsp3) is 0.444. The molecule has 1 aromatic heterocycles. The van der Waals surface area contributed by atoms with E-state index >= 15 is 0 Å². The zero-order valence-electron chi connectivity index (χ0n) is 20.3. The van der Waals surface area contributed by atoms with E-state index in [1.807, 2.05) is 4.90 Å². The Bertz CT molecular complexity index is 1410. The van der Waals surface area contributed by atoms with Crippen LogP contribution in [0.25, 0.3) is 10.9 Å². The lowest BCUT2D eigenvalue weighted by atomic mass is 9.94. The summed E-state index contributed by atoms with van der Waals surface area (Å²) in [4.78, 5) is 45.5. The number of piperazine rings is 1. The summed E-state index contributed by atoms with van der Waals surface area (Å²) < 4.78 is 11.9. The molecule has 0 unspecified atom stereocenters.